The second kappa shape index (κ2) is 11.3. The van der Waals surface area contributed by atoms with Crippen molar-refractivity contribution in [3.05, 3.63) is 34.9 Å². The molecule has 0 aromatic heterocycles. The Morgan fingerprint density at radius 1 is 1.15 bits per heavy atom. The van der Waals surface area contributed by atoms with Gasteiger partial charge < -0.3 is 25.4 Å². The third kappa shape index (κ3) is 5.14. The van der Waals surface area contributed by atoms with Gasteiger partial charge >= 0.3 is 11.9 Å². The summed E-state index contributed by atoms with van der Waals surface area (Å²) < 4.78 is 11.8. The van der Waals surface area contributed by atoms with Crippen molar-refractivity contribution in [2.75, 3.05) is 6.54 Å². The Bertz CT molecular complexity index is 1140. The first-order valence-corrected chi connectivity index (χ1v) is 15.6. The van der Waals surface area contributed by atoms with E-state index in [-0.39, 0.29) is 18.4 Å². The van der Waals surface area contributed by atoms with Crippen LogP contribution in [0.5, 0.6) is 0 Å². The number of nitrogens with two attached hydrogens (primary N) is 1. The van der Waals surface area contributed by atoms with Crippen molar-refractivity contribution in [2.45, 2.75) is 118 Å². The Balaban J connectivity index is 1.79. The number of carbonyl (C=O) groups excluding carboxylic acids is 2. The van der Waals surface area contributed by atoms with Gasteiger partial charge in [0, 0.05) is 12.3 Å². The first-order chi connectivity index (χ1) is 19.0. The van der Waals surface area contributed by atoms with Crippen LogP contribution in [0.2, 0.25) is 0 Å². The van der Waals surface area contributed by atoms with Crippen LogP contribution in [0, 0.1) is 39.9 Å². The van der Waals surface area contributed by atoms with Crippen LogP contribution in [0.4, 0.5) is 0 Å². The number of hydrogen-bond donors (Lipinski definition) is 3. The molecule has 0 aromatic rings. The first kappa shape index (κ1) is 32.0. The fourth-order valence-electron chi connectivity index (χ4n) is 9.35. The Morgan fingerprint density at radius 3 is 2.39 bits per heavy atom. The van der Waals surface area contributed by atoms with E-state index in [2.05, 4.69) is 47.3 Å². The second-order valence-corrected chi connectivity index (χ2v) is 14.7. The molecule has 7 heteroatoms. The van der Waals surface area contributed by atoms with E-state index in [1.165, 1.54) is 23.6 Å². The van der Waals surface area contributed by atoms with Crippen molar-refractivity contribution in [3.63, 3.8) is 0 Å². The van der Waals surface area contributed by atoms with E-state index in [1.54, 1.807) is 0 Å². The summed E-state index contributed by atoms with van der Waals surface area (Å²) in [5.41, 5.74) is 8.37. The predicted molar refractivity (Wildman–Crippen MR) is 159 cm³/mol. The molecule has 0 spiro atoms. The minimum absolute atomic E-state index is 0.0346. The van der Waals surface area contributed by atoms with E-state index in [4.69, 9.17) is 15.2 Å². The molecule has 9 atom stereocenters. The molecule has 4 aliphatic rings. The zero-order chi connectivity index (χ0) is 30.7. The molecule has 4 aliphatic carbocycles. The topological polar surface area (TPSA) is 119 Å². The standard InChI is InChI=1S/C34H53NO6/c1-18(2)19(3)10-11-20(4)23-13-14-24-22-12-15-26-32(6,7)30(39)25(41-27(37)17-35)16-33(26,8)28(22)29(38)31(34(23,24)9)40-21(5)36/h14,18,20,23,25-26,29-31,38-39H,3,10-13,15-17,35H2,1-2,4-9H3/t20-,23-,25-,26+,29-,30+,31+,33?,34?/m1/s1. The second-order valence-electron chi connectivity index (χ2n) is 14.7. The van der Waals surface area contributed by atoms with Gasteiger partial charge in [0.2, 0.25) is 0 Å². The smallest absolute Gasteiger partial charge is 0.320 e. The third-order valence-corrected chi connectivity index (χ3v) is 11.6. The van der Waals surface area contributed by atoms with E-state index >= 15 is 0 Å². The molecule has 4 N–H and O–H groups in total. The summed E-state index contributed by atoms with van der Waals surface area (Å²) >= 11 is 0. The maximum Gasteiger partial charge on any atom is 0.320 e. The lowest BCUT2D eigenvalue weighted by Gasteiger charge is -2.62. The zero-order valence-corrected chi connectivity index (χ0v) is 26.5. The van der Waals surface area contributed by atoms with Gasteiger partial charge in [-0.1, -0.05) is 66.7 Å². The highest BCUT2D eigenvalue weighted by Crippen LogP contribution is 2.67. The number of allylic oxidation sites excluding steroid dienone is 3. The highest BCUT2D eigenvalue weighted by molar-refractivity contribution is 5.71. The number of rotatable bonds is 8. The molecule has 0 saturated heterocycles. The molecule has 4 rings (SSSR count). The summed E-state index contributed by atoms with van der Waals surface area (Å²) in [5.74, 6) is 0.0626. The highest BCUT2D eigenvalue weighted by atomic mass is 16.6. The largest absolute Gasteiger partial charge is 0.459 e. The number of aliphatic hydroxyl groups is 2. The minimum atomic E-state index is -1.00. The van der Waals surface area contributed by atoms with Crippen molar-refractivity contribution in [2.24, 2.45) is 45.7 Å². The van der Waals surface area contributed by atoms with Gasteiger partial charge in [0.25, 0.3) is 0 Å². The number of carbonyl (C=O) groups is 2. The van der Waals surface area contributed by atoms with Crippen LogP contribution in [0.25, 0.3) is 0 Å². The van der Waals surface area contributed by atoms with Crippen molar-refractivity contribution >= 4 is 11.9 Å². The molecule has 0 aromatic carbocycles. The van der Waals surface area contributed by atoms with Crippen LogP contribution in [-0.2, 0) is 19.1 Å². The summed E-state index contributed by atoms with van der Waals surface area (Å²) in [5, 5.41) is 23.7. The predicted octanol–water partition coefficient (Wildman–Crippen LogP) is 5.25. The molecule has 0 aliphatic heterocycles. The van der Waals surface area contributed by atoms with Crippen molar-refractivity contribution in [3.8, 4) is 0 Å². The number of esters is 2. The van der Waals surface area contributed by atoms with Crippen LogP contribution in [0.15, 0.2) is 34.9 Å². The lowest BCUT2D eigenvalue weighted by molar-refractivity contribution is -0.192. The Labute approximate surface area is 246 Å². The maximum atomic E-state index is 12.5. The molecular weight excluding hydrogens is 518 g/mol. The van der Waals surface area contributed by atoms with Crippen LogP contribution >= 0.6 is 0 Å². The molecule has 1 fully saturated rings. The van der Waals surface area contributed by atoms with E-state index < -0.39 is 52.6 Å². The molecule has 0 radical (unpaired) electrons. The summed E-state index contributed by atoms with van der Waals surface area (Å²) in [4.78, 5) is 24.8. The summed E-state index contributed by atoms with van der Waals surface area (Å²) in [7, 11) is 0. The quantitative estimate of drug-likeness (QED) is 0.269. The molecular formula is C34H53NO6. The molecule has 2 unspecified atom stereocenters. The van der Waals surface area contributed by atoms with E-state index in [9.17, 15) is 19.8 Å². The molecule has 0 bridgehead atoms. The summed E-state index contributed by atoms with van der Waals surface area (Å²) in [6.45, 7) is 20.4. The van der Waals surface area contributed by atoms with Gasteiger partial charge in [-0.05, 0) is 89.7 Å². The van der Waals surface area contributed by atoms with Crippen molar-refractivity contribution < 1.29 is 29.3 Å². The van der Waals surface area contributed by atoms with Gasteiger partial charge in [-0.3, -0.25) is 9.59 Å². The fraction of sp³-hybridized carbons (Fsp3) is 0.765. The maximum absolute atomic E-state index is 12.5. The van der Waals surface area contributed by atoms with Crippen molar-refractivity contribution in [1.82, 2.24) is 0 Å². The molecule has 1 saturated carbocycles. The Kier molecular flexibility index (Phi) is 8.79. The lowest BCUT2D eigenvalue weighted by Crippen LogP contribution is -2.63. The molecule has 230 valence electrons. The third-order valence-electron chi connectivity index (χ3n) is 11.6. The van der Waals surface area contributed by atoms with Gasteiger partial charge in [0.05, 0.1) is 12.6 Å². The summed E-state index contributed by atoms with van der Waals surface area (Å²) in [6.07, 6.45) is 3.81. The van der Waals surface area contributed by atoms with Crippen LogP contribution < -0.4 is 5.73 Å². The Morgan fingerprint density at radius 2 is 1.80 bits per heavy atom. The van der Waals surface area contributed by atoms with Gasteiger partial charge in [0.1, 0.15) is 18.3 Å². The van der Waals surface area contributed by atoms with E-state index in [0.717, 1.165) is 37.7 Å². The SMILES string of the molecule is C=C(CC[C@@H](C)[C@H]1CC=C2C3=C([C@@H](O)[C@H](OC(C)=O)C21C)C1(C)C[C@@H](OC(=O)CN)[C@H](O)C(C)(C)[C@@H]1CC3)C(C)C. The van der Waals surface area contributed by atoms with Crippen LogP contribution in [0.1, 0.15) is 93.9 Å². The number of fused-ring (bicyclic) bond motifs is 4. The molecule has 0 amide bonds. The first-order valence-electron chi connectivity index (χ1n) is 15.6. The van der Waals surface area contributed by atoms with E-state index in [0.29, 0.717) is 18.3 Å². The summed E-state index contributed by atoms with van der Waals surface area (Å²) in [6, 6.07) is 0. The number of aliphatic hydroxyl groups excluding tert-OH is 2. The zero-order valence-electron chi connectivity index (χ0n) is 26.5. The van der Waals surface area contributed by atoms with Gasteiger partial charge in [-0.25, -0.2) is 0 Å². The molecule has 0 heterocycles. The normalized spacial score (nSPS) is 38.4. The molecule has 7 nitrogen and oxygen atoms in total. The highest BCUT2D eigenvalue weighted by Gasteiger charge is 2.65. The van der Waals surface area contributed by atoms with Crippen LogP contribution in [-0.4, -0.2) is 53.1 Å². The fourth-order valence-corrected chi connectivity index (χ4v) is 9.35. The monoisotopic (exact) mass is 571 g/mol. The average Bonchev–Trinajstić information content (AvgIpc) is 3.25. The van der Waals surface area contributed by atoms with Gasteiger partial charge in [0.15, 0.2) is 0 Å². The number of hydrogen-bond acceptors (Lipinski definition) is 7. The van der Waals surface area contributed by atoms with Gasteiger partial charge in [-0.15, -0.1) is 0 Å². The average molecular weight is 572 g/mol. The Hall–Kier alpha value is -1.96. The minimum Gasteiger partial charge on any atom is -0.459 e. The van der Waals surface area contributed by atoms with Crippen LogP contribution in [0.3, 0.4) is 0 Å². The molecule has 41 heavy (non-hydrogen) atoms. The number of ether oxygens (including phenoxy) is 2. The van der Waals surface area contributed by atoms with E-state index in [1.807, 2.05) is 13.8 Å². The lowest BCUT2D eigenvalue weighted by atomic mass is 9.45. The van der Waals surface area contributed by atoms with Crippen molar-refractivity contribution in [1.29, 1.82) is 0 Å². The van der Waals surface area contributed by atoms with Gasteiger partial charge in [-0.2, -0.15) is 0 Å².